The molecule has 0 aliphatic heterocycles. The molecule has 398 valence electrons. The Balaban J connectivity index is 1.64. The number of nitrogens with zero attached hydrogens (tertiary/aromatic N) is 2. The Kier molecular flexibility index (Phi) is 22.4. The Labute approximate surface area is 426 Å². The third-order valence-corrected chi connectivity index (χ3v) is 11.5. The number of aliphatic hydroxyl groups is 1. The number of esters is 1. The first-order valence-corrected chi connectivity index (χ1v) is 23.8. The van der Waals surface area contributed by atoms with Crippen LogP contribution in [0.5, 0.6) is 0 Å². The van der Waals surface area contributed by atoms with Crippen molar-refractivity contribution in [3.05, 3.63) is 120 Å². The topological polar surface area (TPSA) is 298 Å². The van der Waals surface area contributed by atoms with Gasteiger partial charge in [-0.15, -0.1) is 0 Å². The first kappa shape index (κ1) is 58.6. The molecular formula is C52H64F2N8O12. The molecule has 9 N–H and O–H groups in total. The van der Waals surface area contributed by atoms with E-state index in [0.717, 1.165) is 23.8 Å². The molecule has 20 nitrogen and oxygen atoms in total. The maximum absolute atomic E-state index is 15.4. The number of halogens is 2. The first-order chi connectivity index (χ1) is 35.1. The smallest absolute Gasteiger partial charge is 0.306 e. The number of carbonyl (C=O) groups is 9. The second kappa shape index (κ2) is 28.3. The van der Waals surface area contributed by atoms with E-state index in [9.17, 15) is 52.6 Å². The minimum absolute atomic E-state index is 0.0564. The highest BCUT2D eigenvalue weighted by atomic mass is 19.1. The number of primary amides is 1. The average Bonchev–Trinajstić information content (AvgIpc) is 3.75. The van der Waals surface area contributed by atoms with Gasteiger partial charge in [0.15, 0.2) is 0 Å². The number of amides is 7. The van der Waals surface area contributed by atoms with E-state index in [2.05, 4.69) is 26.6 Å². The number of hydrogen-bond acceptors (Lipinski definition) is 11. The molecule has 1 aromatic heterocycles. The summed E-state index contributed by atoms with van der Waals surface area (Å²) in [5, 5.41) is 31.5. The van der Waals surface area contributed by atoms with Crippen molar-refractivity contribution in [2.45, 2.75) is 91.1 Å². The first-order valence-electron chi connectivity index (χ1n) is 23.8. The molecule has 74 heavy (non-hydrogen) atoms. The van der Waals surface area contributed by atoms with Crippen LogP contribution < -0.4 is 32.3 Å². The molecule has 3 aromatic carbocycles. The lowest BCUT2D eigenvalue weighted by Gasteiger charge is -2.41. The number of ether oxygens (including phenoxy) is 1. The number of aliphatic carboxylic acids is 1. The van der Waals surface area contributed by atoms with E-state index in [1.165, 1.54) is 11.8 Å². The van der Waals surface area contributed by atoms with Crippen molar-refractivity contribution < 1.29 is 66.9 Å². The van der Waals surface area contributed by atoms with Gasteiger partial charge in [0.1, 0.15) is 36.9 Å². The molecule has 0 aliphatic carbocycles. The van der Waals surface area contributed by atoms with Crippen LogP contribution in [0.3, 0.4) is 0 Å². The van der Waals surface area contributed by atoms with Crippen LogP contribution in [0.25, 0.3) is 11.1 Å². The largest absolute Gasteiger partial charge is 0.481 e. The molecule has 0 saturated carbocycles. The number of carboxylic acid groups (broad SMARTS) is 1. The van der Waals surface area contributed by atoms with Crippen molar-refractivity contribution in [2.24, 2.45) is 17.1 Å². The van der Waals surface area contributed by atoms with Gasteiger partial charge in [0.25, 0.3) is 0 Å². The van der Waals surface area contributed by atoms with Crippen molar-refractivity contribution in [1.82, 2.24) is 36.1 Å². The number of carbonyl (C=O) groups excluding carboxylic acids is 8. The molecule has 4 atom stereocenters. The lowest BCUT2D eigenvalue weighted by atomic mass is 9.82. The van der Waals surface area contributed by atoms with Gasteiger partial charge >= 0.3 is 11.9 Å². The summed E-state index contributed by atoms with van der Waals surface area (Å²) in [6.45, 7) is 4.65. The van der Waals surface area contributed by atoms with Crippen LogP contribution in [0.4, 0.5) is 8.78 Å². The summed E-state index contributed by atoms with van der Waals surface area (Å²) in [5.41, 5.74) is 6.78. The number of aromatic nitrogens is 1. The SMILES string of the molecule is C[C@H](CC(=O)OCc1ccccc1)C(=O)N[C@@H](CC(N)=O)C(=O)N[C@@H](CCN(C(=O)CO)[C@@H](c1cc(-c2cc(F)ccc2F)cn1Cc1ccccc1)C(C)(C)C)C(=O)NCCNC(=O)CNC(=O)CCC(=O)O. The predicted molar refractivity (Wildman–Crippen MR) is 265 cm³/mol. The van der Waals surface area contributed by atoms with E-state index in [0.29, 0.717) is 11.3 Å². The zero-order valence-electron chi connectivity index (χ0n) is 41.7. The fraction of sp³-hybridized carbons (Fsp3) is 0.404. The second-order valence-corrected chi connectivity index (χ2v) is 18.5. The monoisotopic (exact) mass is 1030 g/mol. The lowest BCUT2D eigenvalue weighted by Crippen LogP contribution is -2.56. The van der Waals surface area contributed by atoms with Crippen molar-refractivity contribution in [3.63, 3.8) is 0 Å². The number of nitrogens with one attached hydrogen (secondary N) is 5. The summed E-state index contributed by atoms with van der Waals surface area (Å²) in [7, 11) is 0. The van der Waals surface area contributed by atoms with Crippen molar-refractivity contribution >= 4 is 53.3 Å². The molecule has 0 spiro atoms. The molecule has 0 fully saturated rings. The van der Waals surface area contributed by atoms with Crippen molar-refractivity contribution in [3.8, 4) is 11.1 Å². The van der Waals surface area contributed by atoms with Crippen LogP contribution in [0.15, 0.2) is 91.1 Å². The fourth-order valence-corrected chi connectivity index (χ4v) is 7.83. The van der Waals surface area contributed by atoms with Crippen molar-refractivity contribution in [2.75, 3.05) is 32.8 Å². The van der Waals surface area contributed by atoms with Gasteiger partial charge in [-0.25, -0.2) is 8.78 Å². The molecule has 4 aromatic rings. The van der Waals surface area contributed by atoms with E-state index in [1.54, 1.807) is 67.9 Å². The summed E-state index contributed by atoms with van der Waals surface area (Å²) in [6.07, 6.45) is -0.710. The van der Waals surface area contributed by atoms with Crippen LogP contribution >= 0.6 is 0 Å². The van der Waals surface area contributed by atoms with Gasteiger partial charge in [-0.2, -0.15) is 0 Å². The summed E-state index contributed by atoms with van der Waals surface area (Å²) < 4.78 is 37.0. The van der Waals surface area contributed by atoms with Gasteiger partial charge in [0.05, 0.1) is 31.8 Å². The second-order valence-electron chi connectivity index (χ2n) is 18.5. The molecule has 0 bridgehead atoms. The van der Waals surface area contributed by atoms with E-state index in [-0.39, 0.29) is 56.8 Å². The molecule has 0 radical (unpaired) electrons. The van der Waals surface area contributed by atoms with Crippen LogP contribution in [0.1, 0.15) is 82.7 Å². The molecule has 1 heterocycles. The third kappa shape index (κ3) is 18.9. The van der Waals surface area contributed by atoms with Crippen LogP contribution in [-0.4, -0.2) is 118 Å². The normalized spacial score (nSPS) is 12.7. The zero-order chi connectivity index (χ0) is 54.5. The standard InChI is InChI=1S/C52H64F2N8O12/c1-32(23-47(70)74-31-34-13-9-6-10-14-34)49(71)60-40(26-42(55)64)51(73)59-39(50(72)57-21-20-56-44(66)27-58-43(65)17-18-46(68)69)19-22-62(45(67)30-63)48(52(2,3)4)41-24-35(37-25-36(53)15-16-38(37)54)29-61(41)28-33-11-7-5-8-12-33/h5-16,24-25,29,32,39-40,48,63H,17-23,26-28,30-31H2,1-4H3,(H2,55,64)(H,56,66)(H,57,72)(H,58,65)(H,59,73)(H,60,71)(H,68,69)/t32-,39+,40+,48+/m1/s1. The number of carboxylic acids is 1. The molecular weight excluding hydrogens is 967 g/mol. The average molecular weight is 1030 g/mol. The Bertz CT molecular complexity index is 2610. The number of aliphatic hydroxyl groups excluding tert-OH is 1. The molecule has 7 amide bonds. The quantitative estimate of drug-likeness (QED) is 0.0301. The minimum atomic E-state index is -1.68. The van der Waals surface area contributed by atoms with E-state index in [4.69, 9.17) is 15.6 Å². The summed E-state index contributed by atoms with van der Waals surface area (Å²) >= 11 is 0. The van der Waals surface area contributed by atoms with Crippen LogP contribution in [0.2, 0.25) is 0 Å². The molecule has 0 aliphatic rings. The van der Waals surface area contributed by atoms with Gasteiger partial charge < -0.3 is 56.7 Å². The maximum Gasteiger partial charge on any atom is 0.306 e. The van der Waals surface area contributed by atoms with Gasteiger partial charge in [-0.3, -0.25) is 43.2 Å². The number of hydrogen-bond donors (Lipinski definition) is 8. The number of nitrogens with two attached hydrogens (primary N) is 1. The third-order valence-electron chi connectivity index (χ3n) is 11.5. The molecule has 22 heteroatoms. The van der Waals surface area contributed by atoms with Crippen LogP contribution in [-0.2, 0) is 61.0 Å². The fourth-order valence-electron chi connectivity index (χ4n) is 7.83. The van der Waals surface area contributed by atoms with E-state index < -0.39 is 127 Å². The zero-order valence-corrected chi connectivity index (χ0v) is 41.7. The van der Waals surface area contributed by atoms with Gasteiger partial charge in [-0.1, -0.05) is 88.4 Å². The number of rotatable bonds is 28. The molecule has 0 unspecified atom stereocenters. The van der Waals surface area contributed by atoms with E-state index in [1.807, 2.05) is 30.3 Å². The minimum Gasteiger partial charge on any atom is -0.481 e. The van der Waals surface area contributed by atoms with Gasteiger partial charge in [-0.05, 0) is 47.2 Å². The highest BCUT2D eigenvalue weighted by molar-refractivity contribution is 5.95. The Morgan fingerprint density at radius 3 is 2.01 bits per heavy atom. The molecule has 4 rings (SSSR count). The van der Waals surface area contributed by atoms with Crippen LogP contribution in [0, 0.1) is 23.0 Å². The predicted octanol–water partition coefficient (Wildman–Crippen LogP) is 2.61. The highest BCUT2D eigenvalue weighted by Crippen LogP contribution is 2.41. The number of benzene rings is 3. The van der Waals surface area contributed by atoms with Gasteiger partial charge in [0.2, 0.25) is 41.4 Å². The maximum atomic E-state index is 15.4. The Hall–Kier alpha value is -8.01. The van der Waals surface area contributed by atoms with Crippen molar-refractivity contribution in [1.29, 1.82) is 0 Å². The highest BCUT2D eigenvalue weighted by Gasteiger charge is 2.38. The molecule has 0 saturated heterocycles. The summed E-state index contributed by atoms with van der Waals surface area (Å²) in [6, 6.07) is 18.4. The van der Waals surface area contributed by atoms with Gasteiger partial charge in [0, 0.05) is 61.5 Å². The lowest BCUT2D eigenvalue weighted by molar-refractivity contribution is -0.148. The Morgan fingerprint density at radius 1 is 0.757 bits per heavy atom. The summed E-state index contributed by atoms with van der Waals surface area (Å²) in [4.78, 5) is 117. The summed E-state index contributed by atoms with van der Waals surface area (Å²) in [5.74, 6) is -10.3. The Morgan fingerprint density at radius 2 is 1.39 bits per heavy atom. The van der Waals surface area contributed by atoms with E-state index >= 15 is 4.39 Å².